The second-order valence-electron chi connectivity index (χ2n) is 4.26. The molecular weight excluding hydrogens is 409 g/mol. The van der Waals surface area contributed by atoms with E-state index in [9.17, 15) is 10.1 Å². The zero-order valence-electron chi connectivity index (χ0n) is 10.2. The quantitative estimate of drug-likeness (QED) is 0.366. The molecule has 2 aromatic carbocycles. The highest BCUT2D eigenvalue weighted by atomic mass is 79.9. The molecule has 104 valence electrons. The molecule has 0 saturated heterocycles. The molecule has 0 saturated carbocycles. The standard InChI is InChI=1S/C14H10Br2ClNO2/c15-10-3-6-13(16)12(8-10)14(17)7-9-1-4-11(5-2-9)18(19)20/h1-6,8,14H,7H2. The Hall–Kier alpha value is -0.910. The van der Waals surface area contributed by atoms with Gasteiger partial charge in [-0.3, -0.25) is 10.1 Å². The summed E-state index contributed by atoms with van der Waals surface area (Å²) < 4.78 is 1.91. The molecule has 1 unspecified atom stereocenters. The first-order chi connectivity index (χ1) is 9.47. The number of hydrogen-bond acceptors (Lipinski definition) is 2. The van der Waals surface area contributed by atoms with Crippen molar-refractivity contribution in [2.45, 2.75) is 11.8 Å². The molecule has 0 bridgehead atoms. The SMILES string of the molecule is O=[N+]([O-])c1ccc(CC(Cl)c2cc(Br)ccc2Br)cc1. The van der Waals surface area contributed by atoms with Crippen LogP contribution in [0.5, 0.6) is 0 Å². The molecule has 0 radical (unpaired) electrons. The number of nitro groups is 1. The molecule has 2 aromatic rings. The predicted octanol–water partition coefficient (Wildman–Crippen LogP) is 5.64. The monoisotopic (exact) mass is 417 g/mol. The van der Waals surface area contributed by atoms with Gasteiger partial charge in [-0.05, 0) is 35.7 Å². The molecule has 6 heteroatoms. The molecule has 2 rings (SSSR count). The van der Waals surface area contributed by atoms with Crippen molar-refractivity contribution < 1.29 is 4.92 Å². The van der Waals surface area contributed by atoms with Gasteiger partial charge in [-0.2, -0.15) is 0 Å². The van der Waals surface area contributed by atoms with Crippen LogP contribution >= 0.6 is 43.5 Å². The van der Waals surface area contributed by atoms with Crippen LogP contribution in [0.15, 0.2) is 51.4 Å². The highest BCUT2D eigenvalue weighted by molar-refractivity contribution is 9.11. The Morgan fingerprint density at radius 3 is 2.40 bits per heavy atom. The first kappa shape index (κ1) is 15.5. The third kappa shape index (κ3) is 3.81. The minimum absolute atomic E-state index is 0.0866. The van der Waals surface area contributed by atoms with Crippen molar-refractivity contribution in [1.82, 2.24) is 0 Å². The van der Waals surface area contributed by atoms with Crippen molar-refractivity contribution in [3.63, 3.8) is 0 Å². The summed E-state index contributed by atoms with van der Waals surface area (Å²) in [7, 11) is 0. The Morgan fingerprint density at radius 2 is 1.80 bits per heavy atom. The fourth-order valence-corrected chi connectivity index (χ4v) is 3.22. The van der Waals surface area contributed by atoms with Crippen molar-refractivity contribution in [2.24, 2.45) is 0 Å². The molecule has 0 spiro atoms. The fraction of sp³-hybridized carbons (Fsp3) is 0.143. The summed E-state index contributed by atoms with van der Waals surface area (Å²) in [5.41, 5.74) is 2.03. The Balaban J connectivity index is 2.16. The Labute approximate surface area is 138 Å². The highest BCUT2D eigenvalue weighted by Gasteiger charge is 2.14. The van der Waals surface area contributed by atoms with E-state index >= 15 is 0 Å². The van der Waals surface area contributed by atoms with Crippen molar-refractivity contribution in [1.29, 1.82) is 0 Å². The van der Waals surface area contributed by atoms with E-state index in [1.807, 2.05) is 18.2 Å². The van der Waals surface area contributed by atoms with Gasteiger partial charge in [0.25, 0.3) is 5.69 Å². The minimum atomic E-state index is -0.410. The van der Waals surface area contributed by atoms with Crippen LogP contribution < -0.4 is 0 Å². The maximum absolute atomic E-state index is 10.6. The van der Waals surface area contributed by atoms with Crippen molar-refractivity contribution in [2.75, 3.05) is 0 Å². The highest BCUT2D eigenvalue weighted by Crippen LogP contribution is 2.33. The lowest BCUT2D eigenvalue weighted by Crippen LogP contribution is -1.97. The predicted molar refractivity (Wildman–Crippen MR) is 87.2 cm³/mol. The summed E-state index contributed by atoms with van der Waals surface area (Å²) in [6.45, 7) is 0. The molecule has 0 aliphatic carbocycles. The first-order valence-corrected chi connectivity index (χ1v) is 7.82. The number of alkyl halides is 1. The largest absolute Gasteiger partial charge is 0.269 e. The maximum Gasteiger partial charge on any atom is 0.269 e. The molecule has 0 heterocycles. The summed E-state index contributed by atoms with van der Waals surface area (Å²) in [5.74, 6) is 0. The summed E-state index contributed by atoms with van der Waals surface area (Å²) in [5, 5.41) is 10.4. The van der Waals surface area contributed by atoms with E-state index in [0.29, 0.717) is 6.42 Å². The summed E-state index contributed by atoms with van der Waals surface area (Å²) in [6, 6.07) is 12.3. The lowest BCUT2D eigenvalue weighted by atomic mass is 10.0. The molecule has 20 heavy (non-hydrogen) atoms. The van der Waals surface area contributed by atoms with E-state index in [1.54, 1.807) is 12.1 Å². The molecule has 0 aliphatic heterocycles. The van der Waals surface area contributed by atoms with Gasteiger partial charge in [-0.15, -0.1) is 11.6 Å². The van der Waals surface area contributed by atoms with Gasteiger partial charge < -0.3 is 0 Å². The lowest BCUT2D eigenvalue weighted by Gasteiger charge is -2.12. The van der Waals surface area contributed by atoms with Gasteiger partial charge in [0.05, 0.1) is 10.3 Å². The number of nitro benzene ring substituents is 1. The topological polar surface area (TPSA) is 43.1 Å². The van der Waals surface area contributed by atoms with Crippen LogP contribution in [-0.4, -0.2) is 4.92 Å². The van der Waals surface area contributed by atoms with Gasteiger partial charge in [0.2, 0.25) is 0 Å². The third-order valence-corrected chi connectivity index (χ3v) is 4.46. The fourth-order valence-electron chi connectivity index (χ4n) is 1.83. The molecule has 0 fully saturated rings. The lowest BCUT2D eigenvalue weighted by molar-refractivity contribution is -0.384. The Bertz CT molecular complexity index is 632. The van der Waals surface area contributed by atoms with Gasteiger partial charge >= 0.3 is 0 Å². The molecule has 0 aliphatic rings. The number of hydrogen-bond donors (Lipinski definition) is 0. The van der Waals surface area contributed by atoms with E-state index in [0.717, 1.165) is 20.1 Å². The molecule has 0 aromatic heterocycles. The van der Waals surface area contributed by atoms with E-state index in [-0.39, 0.29) is 11.1 Å². The second-order valence-corrected chi connectivity index (χ2v) is 6.56. The normalized spacial score (nSPS) is 12.2. The van der Waals surface area contributed by atoms with E-state index in [2.05, 4.69) is 31.9 Å². The summed E-state index contributed by atoms with van der Waals surface area (Å²) >= 11 is 13.3. The molecule has 3 nitrogen and oxygen atoms in total. The van der Waals surface area contributed by atoms with Crippen LogP contribution in [0, 0.1) is 10.1 Å². The third-order valence-electron chi connectivity index (χ3n) is 2.86. The molecular formula is C14H10Br2ClNO2. The number of non-ortho nitro benzene ring substituents is 1. The van der Waals surface area contributed by atoms with Gasteiger partial charge in [0, 0.05) is 21.1 Å². The minimum Gasteiger partial charge on any atom is -0.258 e. The van der Waals surface area contributed by atoms with Gasteiger partial charge in [-0.1, -0.05) is 44.0 Å². The van der Waals surface area contributed by atoms with Crippen LogP contribution in [0.25, 0.3) is 0 Å². The average molecular weight is 420 g/mol. The average Bonchev–Trinajstić information content (AvgIpc) is 2.42. The molecule has 1 atom stereocenters. The van der Waals surface area contributed by atoms with Crippen LogP contribution in [0.2, 0.25) is 0 Å². The second kappa shape index (κ2) is 6.70. The maximum atomic E-state index is 10.6. The van der Waals surface area contributed by atoms with Crippen molar-refractivity contribution in [3.8, 4) is 0 Å². The van der Waals surface area contributed by atoms with E-state index in [4.69, 9.17) is 11.6 Å². The summed E-state index contributed by atoms with van der Waals surface area (Å²) in [6.07, 6.45) is 0.606. The first-order valence-electron chi connectivity index (χ1n) is 5.79. The number of halogens is 3. The van der Waals surface area contributed by atoms with Crippen LogP contribution in [0.1, 0.15) is 16.5 Å². The van der Waals surface area contributed by atoms with Crippen LogP contribution in [0.4, 0.5) is 5.69 Å². The number of rotatable bonds is 4. The smallest absolute Gasteiger partial charge is 0.258 e. The summed E-state index contributed by atoms with van der Waals surface area (Å²) in [4.78, 5) is 10.2. The Kier molecular flexibility index (Phi) is 5.18. The van der Waals surface area contributed by atoms with Gasteiger partial charge in [0.15, 0.2) is 0 Å². The Morgan fingerprint density at radius 1 is 1.15 bits per heavy atom. The van der Waals surface area contributed by atoms with Gasteiger partial charge in [0.1, 0.15) is 0 Å². The molecule has 0 N–H and O–H groups in total. The van der Waals surface area contributed by atoms with E-state index in [1.165, 1.54) is 12.1 Å². The number of benzene rings is 2. The van der Waals surface area contributed by atoms with Crippen LogP contribution in [0.3, 0.4) is 0 Å². The zero-order chi connectivity index (χ0) is 14.7. The van der Waals surface area contributed by atoms with Gasteiger partial charge in [-0.25, -0.2) is 0 Å². The van der Waals surface area contributed by atoms with Crippen LogP contribution in [-0.2, 0) is 6.42 Å². The zero-order valence-corrected chi connectivity index (χ0v) is 14.2. The van der Waals surface area contributed by atoms with Crippen molar-refractivity contribution >= 4 is 49.1 Å². The molecule has 0 amide bonds. The van der Waals surface area contributed by atoms with E-state index < -0.39 is 4.92 Å². The number of nitrogens with zero attached hydrogens (tertiary/aromatic N) is 1. The van der Waals surface area contributed by atoms with Crippen molar-refractivity contribution in [3.05, 3.63) is 72.7 Å².